The highest BCUT2D eigenvalue weighted by Crippen LogP contribution is 2.13. The van der Waals surface area contributed by atoms with Gasteiger partial charge < -0.3 is 19.6 Å². The van der Waals surface area contributed by atoms with Crippen molar-refractivity contribution in [3.8, 4) is 5.75 Å². The molecule has 1 atom stereocenters. The summed E-state index contributed by atoms with van der Waals surface area (Å²) in [4.78, 5) is 0. The Morgan fingerprint density at radius 2 is 2.14 bits per heavy atom. The van der Waals surface area contributed by atoms with Gasteiger partial charge in [-0.3, -0.25) is 0 Å². The Morgan fingerprint density at radius 3 is 2.86 bits per heavy atom. The molecule has 1 unspecified atom stereocenters. The first kappa shape index (κ1) is 15.6. The van der Waals surface area contributed by atoms with Crippen molar-refractivity contribution in [2.45, 2.75) is 32.9 Å². The Hall–Kier alpha value is -1.78. The van der Waals surface area contributed by atoms with E-state index >= 15 is 0 Å². The lowest BCUT2D eigenvalue weighted by Crippen LogP contribution is -2.31. The summed E-state index contributed by atoms with van der Waals surface area (Å²) in [6.07, 6.45) is 0.426. The van der Waals surface area contributed by atoms with Crippen molar-refractivity contribution < 1.29 is 14.3 Å². The van der Waals surface area contributed by atoms with E-state index in [0.29, 0.717) is 13.1 Å². The van der Waals surface area contributed by atoms with Crippen molar-refractivity contribution in [3.05, 3.63) is 53.5 Å². The monoisotopic (exact) mass is 289 g/mol. The predicted octanol–water partition coefficient (Wildman–Crippen LogP) is 2.68. The van der Waals surface area contributed by atoms with Crippen molar-refractivity contribution in [3.63, 3.8) is 0 Å². The van der Waals surface area contributed by atoms with Gasteiger partial charge >= 0.3 is 0 Å². The molecule has 0 fully saturated rings. The molecule has 2 rings (SSSR count). The Kier molecular flexibility index (Phi) is 5.84. The molecule has 4 nitrogen and oxygen atoms in total. The summed E-state index contributed by atoms with van der Waals surface area (Å²) in [5.41, 5.74) is 1.23. The van der Waals surface area contributed by atoms with Crippen LogP contribution in [0.4, 0.5) is 0 Å². The first-order chi connectivity index (χ1) is 10.2. The largest absolute Gasteiger partial charge is 0.491 e. The molecule has 1 heterocycles. The number of benzene rings is 1. The topological polar surface area (TPSA) is 54.6 Å². The maximum atomic E-state index is 9.90. The molecular formula is C17H23NO3. The first-order valence-electron chi connectivity index (χ1n) is 7.33. The Labute approximate surface area is 125 Å². The highest BCUT2D eigenvalue weighted by Gasteiger charge is 2.06. The Bertz CT molecular complexity index is 550. The summed E-state index contributed by atoms with van der Waals surface area (Å²) >= 11 is 0. The van der Waals surface area contributed by atoms with Crippen molar-refractivity contribution in [1.29, 1.82) is 0 Å². The van der Waals surface area contributed by atoms with Gasteiger partial charge in [0.2, 0.25) is 0 Å². The number of furan rings is 1. The molecule has 0 aliphatic carbocycles. The summed E-state index contributed by atoms with van der Waals surface area (Å²) in [7, 11) is 0. The Balaban J connectivity index is 1.68. The van der Waals surface area contributed by atoms with Crippen molar-refractivity contribution in [1.82, 2.24) is 5.32 Å². The second kappa shape index (κ2) is 7.86. The highest BCUT2D eigenvalue weighted by atomic mass is 16.5. The van der Waals surface area contributed by atoms with E-state index in [0.717, 1.165) is 23.7 Å². The van der Waals surface area contributed by atoms with Gasteiger partial charge in [-0.05, 0) is 43.2 Å². The molecule has 2 N–H and O–H groups in total. The van der Waals surface area contributed by atoms with Crippen LogP contribution in [0.2, 0.25) is 0 Å². The minimum Gasteiger partial charge on any atom is -0.491 e. The van der Waals surface area contributed by atoms with Gasteiger partial charge in [0.25, 0.3) is 0 Å². The van der Waals surface area contributed by atoms with E-state index < -0.39 is 6.10 Å². The van der Waals surface area contributed by atoms with Gasteiger partial charge in [0.1, 0.15) is 30.0 Å². The van der Waals surface area contributed by atoms with Crippen molar-refractivity contribution in [2.75, 3.05) is 13.2 Å². The lowest BCUT2D eigenvalue weighted by atomic mass is 10.2. The summed E-state index contributed by atoms with van der Waals surface area (Å²) in [6.45, 7) is 5.37. The average molecular weight is 289 g/mol. The van der Waals surface area contributed by atoms with Gasteiger partial charge in [-0.25, -0.2) is 0 Å². The zero-order chi connectivity index (χ0) is 15.1. The fourth-order valence-electron chi connectivity index (χ4n) is 2.05. The lowest BCUT2D eigenvalue weighted by molar-refractivity contribution is 0.105. The van der Waals surface area contributed by atoms with E-state index in [9.17, 15) is 5.11 Å². The fraction of sp³-hybridized carbons (Fsp3) is 0.412. The molecule has 1 aromatic heterocycles. The van der Waals surface area contributed by atoms with Crippen LogP contribution in [-0.4, -0.2) is 24.4 Å². The average Bonchev–Trinajstić information content (AvgIpc) is 2.91. The molecule has 0 saturated heterocycles. The second-order valence-corrected chi connectivity index (χ2v) is 5.11. The summed E-state index contributed by atoms with van der Waals surface area (Å²) in [5.74, 6) is 2.57. The van der Waals surface area contributed by atoms with Gasteiger partial charge in [-0.2, -0.15) is 0 Å². The van der Waals surface area contributed by atoms with E-state index in [-0.39, 0.29) is 6.61 Å². The molecule has 0 aliphatic rings. The van der Waals surface area contributed by atoms with Crippen molar-refractivity contribution in [2.24, 2.45) is 0 Å². The number of hydrogen-bond acceptors (Lipinski definition) is 4. The van der Waals surface area contributed by atoms with E-state index in [2.05, 4.69) is 18.3 Å². The smallest absolute Gasteiger partial charge is 0.119 e. The quantitative estimate of drug-likeness (QED) is 0.784. The van der Waals surface area contributed by atoms with Crippen LogP contribution in [0.1, 0.15) is 24.0 Å². The lowest BCUT2D eigenvalue weighted by Gasteiger charge is -2.13. The number of aliphatic hydroxyl groups is 1. The fourth-order valence-corrected chi connectivity index (χ4v) is 2.05. The minimum atomic E-state index is -0.550. The molecule has 0 radical (unpaired) electrons. The minimum absolute atomic E-state index is 0.275. The van der Waals surface area contributed by atoms with Crippen molar-refractivity contribution >= 4 is 0 Å². The van der Waals surface area contributed by atoms with Crippen LogP contribution in [0, 0.1) is 6.92 Å². The number of hydrogen-bond donors (Lipinski definition) is 2. The van der Waals surface area contributed by atoms with Gasteiger partial charge in [0.15, 0.2) is 0 Å². The van der Waals surface area contributed by atoms with Crippen LogP contribution >= 0.6 is 0 Å². The molecule has 0 saturated carbocycles. The standard InChI is InChI=1S/C17H23NO3/c1-3-14-5-4-6-16(9-14)20-12-15(19)10-18-11-17-8-7-13(2)21-17/h4-9,15,18-19H,3,10-12H2,1-2H3. The number of rotatable bonds is 8. The molecule has 4 heteroatoms. The molecule has 0 aliphatic heterocycles. The van der Waals surface area contributed by atoms with Gasteiger partial charge in [-0.1, -0.05) is 19.1 Å². The van der Waals surface area contributed by atoms with Gasteiger partial charge in [0, 0.05) is 6.54 Å². The van der Waals surface area contributed by atoms with E-state index in [4.69, 9.17) is 9.15 Å². The van der Waals surface area contributed by atoms with Crippen LogP contribution in [0.15, 0.2) is 40.8 Å². The maximum Gasteiger partial charge on any atom is 0.119 e. The van der Waals surface area contributed by atoms with Crippen LogP contribution in [0.25, 0.3) is 0 Å². The second-order valence-electron chi connectivity index (χ2n) is 5.11. The summed E-state index contributed by atoms with van der Waals surface area (Å²) in [5, 5.41) is 13.1. The predicted molar refractivity (Wildman–Crippen MR) is 82.5 cm³/mol. The van der Waals surface area contributed by atoms with E-state index in [1.807, 2.05) is 37.3 Å². The normalized spacial score (nSPS) is 12.3. The molecule has 1 aromatic carbocycles. The van der Waals surface area contributed by atoms with E-state index in [1.54, 1.807) is 0 Å². The third kappa shape index (κ3) is 5.25. The zero-order valence-electron chi connectivity index (χ0n) is 12.6. The molecule has 114 valence electrons. The van der Waals surface area contributed by atoms with Crippen LogP contribution in [0.5, 0.6) is 5.75 Å². The molecule has 0 amide bonds. The number of aliphatic hydroxyl groups excluding tert-OH is 1. The molecule has 2 aromatic rings. The maximum absolute atomic E-state index is 9.90. The van der Waals surface area contributed by atoms with Gasteiger partial charge in [-0.15, -0.1) is 0 Å². The third-order valence-electron chi connectivity index (χ3n) is 3.22. The Morgan fingerprint density at radius 1 is 1.29 bits per heavy atom. The zero-order valence-corrected chi connectivity index (χ0v) is 12.6. The number of ether oxygens (including phenoxy) is 1. The van der Waals surface area contributed by atoms with Gasteiger partial charge in [0.05, 0.1) is 6.54 Å². The van der Waals surface area contributed by atoms with E-state index in [1.165, 1.54) is 5.56 Å². The van der Waals surface area contributed by atoms with Crippen LogP contribution in [-0.2, 0) is 13.0 Å². The van der Waals surface area contributed by atoms with Crippen LogP contribution in [0.3, 0.4) is 0 Å². The molecule has 21 heavy (non-hydrogen) atoms. The third-order valence-corrected chi connectivity index (χ3v) is 3.22. The molecule has 0 bridgehead atoms. The summed E-state index contributed by atoms with van der Waals surface area (Å²) in [6, 6.07) is 11.8. The molecular weight excluding hydrogens is 266 g/mol. The van der Waals surface area contributed by atoms with Crippen LogP contribution < -0.4 is 10.1 Å². The molecule has 0 spiro atoms. The number of aryl methyl sites for hydroxylation is 2. The number of nitrogens with one attached hydrogen (secondary N) is 1. The first-order valence-corrected chi connectivity index (χ1v) is 7.33. The highest BCUT2D eigenvalue weighted by molar-refractivity contribution is 5.28. The summed E-state index contributed by atoms with van der Waals surface area (Å²) < 4.78 is 11.0. The SMILES string of the molecule is CCc1cccc(OCC(O)CNCc2ccc(C)o2)c1.